The maximum atomic E-state index is 12.2. The molecule has 0 aromatic heterocycles. The number of rotatable bonds is 4. The lowest BCUT2D eigenvalue weighted by molar-refractivity contribution is -0.144. The molecular weight excluding hydrogens is 256 g/mol. The van der Waals surface area contributed by atoms with Gasteiger partial charge in [-0.2, -0.15) is 0 Å². The third-order valence-corrected chi connectivity index (χ3v) is 5.73. The number of hydrogen-bond acceptors (Lipinski definition) is 4. The summed E-state index contributed by atoms with van der Waals surface area (Å²) in [4.78, 5) is 11.1. The molecular formula is C12H14O5S. The van der Waals surface area contributed by atoms with Gasteiger partial charge in [0.2, 0.25) is 0 Å². The van der Waals surface area contributed by atoms with Gasteiger partial charge in [-0.3, -0.25) is 4.79 Å². The molecule has 1 aromatic rings. The van der Waals surface area contributed by atoms with E-state index in [1.165, 1.54) is 12.1 Å². The molecule has 1 saturated carbocycles. The lowest BCUT2D eigenvalue weighted by Gasteiger charge is -2.09. The zero-order valence-corrected chi connectivity index (χ0v) is 10.6. The van der Waals surface area contributed by atoms with Gasteiger partial charge in [-0.05, 0) is 25.5 Å². The summed E-state index contributed by atoms with van der Waals surface area (Å²) in [5.41, 5.74) is -0.597. The number of carboxylic acids is 1. The molecule has 2 rings (SSSR count). The highest BCUT2D eigenvalue weighted by atomic mass is 32.2. The molecule has 0 aliphatic heterocycles. The molecule has 0 unspecified atom stereocenters. The smallest absolute Gasteiger partial charge is 0.313 e. The summed E-state index contributed by atoms with van der Waals surface area (Å²) in [6.45, 7) is 1.18. The second-order valence-corrected chi connectivity index (χ2v) is 6.80. The van der Waals surface area contributed by atoms with E-state index in [1.807, 2.05) is 6.92 Å². The highest BCUT2D eigenvalue weighted by molar-refractivity contribution is 7.92. The SMILES string of the molecule is Cc1ccc(S(=O)(=O)[C@@H]2C[C@]2(CO)C(=O)O)cc1. The lowest BCUT2D eigenvalue weighted by atomic mass is 10.1. The number of aliphatic hydroxyl groups excluding tert-OH is 1. The van der Waals surface area contributed by atoms with Crippen molar-refractivity contribution in [2.75, 3.05) is 6.61 Å². The predicted molar refractivity (Wildman–Crippen MR) is 63.9 cm³/mol. The predicted octanol–water partition coefficient (Wildman–Crippen LogP) is 0.604. The van der Waals surface area contributed by atoms with Crippen LogP contribution in [0.4, 0.5) is 0 Å². The fourth-order valence-electron chi connectivity index (χ4n) is 2.03. The van der Waals surface area contributed by atoms with Crippen LogP contribution in [0.25, 0.3) is 0 Å². The number of sulfone groups is 1. The van der Waals surface area contributed by atoms with Crippen LogP contribution in [0.3, 0.4) is 0 Å². The first-order valence-electron chi connectivity index (χ1n) is 5.49. The average molecular weight is 270 g/mol. The second-order valence-electron chi connectivity index (χ2n) is 4.67. The normalized spacial score (nSPS) is 26.9. The first-order valence-corrected chi connectivity index (χ1v) is 7.04. The van der Waals surface area contributed by atoms with E-state index in [-0.39, 0.29) is 11.3 Å². The number of aliphatic carboxylic acids is 1. The van der Waals surface area contributed by atoms with Crippen LogP contribution in [0, 0.1) is 12.3 Å². The number of benzene rings is 1. The molecule has 0 spiro atoms. The van der Waals surface area contributed by atoms with E-state index >= 15 is 0 Å². The van der Waals surface area contributed by atoms with E-state index in [4.69, 9.17) is 10.2 Å². The maximum Gasteiger partial charge on any atom is 0.313 e. The van der Waals surface area contributed by atoms with Crippen LogP contribution in [0.1, 0.15) is 12.0 Å². The molecule has 2 atom stereocenters. The highest BCUT2D eigenvalue weighted by Gasteiger charge is 2.66. The molecule has 0 heterocycles. The standard InChI is InChI=1S/C12H14O5S/c1-8-2-4-9(5-3-8)18(16,17)10-6-12(10,7-13)11(14)15/h2-5,10,13H,6-7H2,1H3,(H,14,15)/t10-,12-/m1/s1. The number of carboxylic acid groups (broad SMARTS) is 1. The summed E-state index contributed by atoms with van der Waals surface area (Å²) in [6.07, 6.45) is -0.0327. The molecule has 0 amide bonds. The number of carbonyl (C=O) groups is 1. The van der Waals surface area contributed by atoms with E-state index in [2.05, 4.69) is 0 Å². The van der Waals surface area contributed by atoms with Crippen LogP contribution in [0.2, 0.25) is 0 Å². The Bertz CT molecular complexity index is 575. The van der Waals surface area contributed by atoms with Gasteiger partial charge in [-0.25, -0.2) is 8.42 Å². The Labute approximate surface area is 105 Å². The Balaban J connectivity index is 2.35. The van der Waals surface area contributed by atoms with Gasteiger partial charge in [0.1, 0.15) is 5.41 Å². The van der Waals surface area contributed by atoms with Crippen molar-refractivity contribution in [2.45, 2.75) is 23.5 Å². The van der Waals surface area contributed by atoms with Gasteiger partial charge in [0.25, 0.3) is 0 Å². The van der Waals surface area contributed by atoms with Gasteiger partial charge in [0.15, 0.2) is 9.84 Å². The van der Waals surface area contributed by atoms with Crippen LogP contribution in [0.5, 0.6) is 0 Å². The summed E-state index contributed by atoms with van der Waals surface area (Å²) in [5, 5.41) is 17.1. The van der Waals surface area contributed by atoms with E-state index in [9.17, 15) is 13.2 Å². The van der Waals surface area contributed by atoms with Crippen molar-refractivity contribution >= 4 is 15.8 Å². The zero-order chi connectivity index (χ0) is 13.6. The third-order valence-electron chi connectivity index (χ3n) is 3.44. The van der Waals surface area contributed by atoms with E-state index in [0.29, 0.717) is 0 Å². The van der Waals surface area contributed by atoms with Gasteiger partial charge >= 0.3 is 5.97 Å². The number of aliphatic hydroxyl groups is 1. The molecule has 0 radical (unpaired) electrons. The third kappa shape index (κ3) is 1.81. The largest absolute Gasteiger partial charge is 0.481 e. The first kappa shape index (κ1) is 13.0. The zero-order valence-electron chi connectivity index (χ0n) is 9.83. The van der Waals surface area contributed by atoms with Crippen LogP contribution in [0.15, 0.2) is 29.2 Å². The first-order chi connectivity index (χ1) is 8.34. The molecule has 1 aliphatic rings. The van der Waals surface area contributed by atoms with Crippen molar-refractivity contribution in [3.63, 3.8) is 0 Å². The summed E-state index contributed by atoms with van der Waals surface area (Å²) in [5.74, 6) is -1.26. The van der Waals surface area contributed by atoms with Crippen LogP contribution in [-0.2, 0) is 14.6 Å². The Morgan fingerprint density at radius 3 is 2.33 bits per heavy atom. The average Bonchev–Trinajstić information content (AvgIpc) is 3.06. The quantitative estimate of drug-likeness (QED) is 0.836. The molecule has 6 heteroatoms. The summed E-state index contributed by atoms with van der Waals surface area (Å²) in [6, 6.07) is 6.26. The van der Waals surface area contributed by atoms with Crippen LogP contribution < -0.4 is 0 Å². The van der Waals surface area contributed by atoms with Crippen molar-refractivity contribution in [1.82, 2.24) is 0 Å². The molecule has 5 nitrogen and oxygen atoms in total. The lowest BCUT2D eigenvalue weighted by Crippen LogP contribution is -2.27. The fraction of sp³-hybridized carbons (Fsp3) is 0.417. The summed E-state index contributed by atoms with van der Waals surface area (Å²) in [7, 11) is -3.69. The summed E-state index contributed by atoms with van der Waals surface area (Å²) < 4.78 is 24.4. The van der Waals surface area contributed by atoms with Gasteiger partial charge in [-0.1, -0.05) is 17.7 Å². The van der Waals surface area contributed by atoms with Crippen molar-refractivity contribution in [3.05, 3.63) is 29.8 Å². The van der Waals surface area contributed by atoms with Crippen LogP contribution in [-0.4, -0.2) is 36.5 Å². The summed E-state index contributed by atoms with van der Waals surface area (Å²) >= 11 is 0. The number of hydrogen-bond donors (Lipinski definition) is 2. The van der Waals surface area contributed by atoms with Crippen molar-refractivity contribution in [1.29, 1.82) is 0 Å². The molecule has 2 N–H and O–H groups in total. The monoisotopic (exact) mass is 270 g/mol. The molecule has 0 bridgehead atoms. The molecule has 98 valence electrons. The van der Waals surface area contributed by atoms with Gasteiger partial charge in [-0.15, -0.1) is 0 Å². The molecule has 18 heavy (non-hydrogen) atoms. The Morgan fingerprint density at radius 2 is 1.94 bits per heavy atom. The van der Waals surface area contributed by atoms with Gasteiger partial charge < -0.3 is 10.2 Å². The Kier molecular flexibility index (Phi) is 2.95. The van der Waals surface area contributed by atoms with E-state index < -0.39 is 33.1 Å². The molecule has 1 fully saturated rings. The van der Waals surface area contributed by atoms with Gasteiger partial charge in [0, 0.05) is 0 Å². The Hall–Kier alpha value is -1.40. The van der Waals surface area contributed by atoms with E-state index in [0.717, 1.165) is 5.56 Å². The topological polar surface area (TPSA) is 91.7 Å². The Morgan fingerprint density at radius 1 is 1.39 bits per heavy atom. The highest BCUT2D eigenvalue weighted by Crippen LogP contribution is 2.52. The van der Waals surface area contributed by atoms with E-state index in [1.54, 1.807) is 12.1 Å². The van der Waals surface area contributed by atoms with Crippen LogP contribution >= 0.6 is 0 Å². The van der Waals surface area contributed by atoms with Gasteiger partial charge in [0.05, 0.1) is 16.8 Å². The maximum absolute atomic E-state index is 12.2. The fourth-order valence-corrected chi connectivity index (χ4v) is 4.16. The second kappa shape index (κ2) is 4.07. The van der Waals surface area contributed by atoms with Crippen molar-refractivity contribution in [2.24, 2.45) is 5.41 Å². The minimum Gasteiger partial charge on any atom is -0.481 e. The minimum atomic E-state index is -3.69. The molecule has 1 aliphatic carbocycles. The molecule has 0 saturated heterocycles. The molecule has 1 aromatic carbocycles. The number of aryl methyl sites for hydroxylation is 1. The minimum absolute atomic E-state index is 0.0327. The van der Waals surface area contributed by atoms with Crippen molar-refractivity contribution in [3.8, 4) is 0 Å². The van der Waals surface area contributed by atoms with Crippen molar-refractivity contribution < 1.29 is 23.4 Å².